The van der Waals surface area contributed by atoms with Crippen molar-refractivity contribution in [2.45, 2.75) is 6.92 Å². The molecular weight excluding hydrogens is 260 g/mol. The molecule has 0 unspecified atom stereocenters. The summed E-state index contributed by atoms with van der Waals surface area (Å²) in [4.78, 5) is 13.9. The highest BCUT2D eigenvalue weighted by Gasteiger charge is 2.15. The third kappa shape index (κ3) is 2.88. The third-order valence-electron chi connectivity index (χ3n) is 2.89. The van der Waals surface area contributed by atoms with Gasteiger partial charge in [-0.15, -0.1) is 0 Å². The van der Waals surface area contributed by atoms with Crippen LogP contribution in [-0.2, 0) is 0 Å². The molecule has 0 radical (unpaired) electrons. The van der Waals surface area contributed by atoms with Crippen molar-refractivity contribution in [3.05, 3.63) is 58.6 Å². The number of hydrogen-bond donors (Lipinski definition) is 1. The lowest BCUT2D eigenvalue weighted by Gasteiger charge is -2.19. The van der Waals surface area contributed by atoms with E-state index in [4.69, 9.17) is 17.3 Å². The molecule has 2 N–H and O–H groups in total. The number of aryl methyl sites for hydroxylation is 1. The fraction of sp³-hybridized carbons (Fsp3) is 0.133. The van der Waals surface area contributed by atoms with Gasteiger partial charge in [0.1, 0.15) is 0 Å². The number of amides is 1. The molecule has 2 rings (SSSR count). The Morgan fingerprint density at radius 2 is 1.89 bits per heavy atom. The van der Waals surface area contributed by atoms with Crippen molar-refractivity contribution >= 4 is 28.9 Å². The topological polar surface area (TPSA) is 46.3 Å². The van der Waals surface area contributed by atoms with Crippen LogP contribution in [0, 0.1) is 6.92 Å². The number of anilines is 2. The van der Waals surface area contributed by atoms with Gasteiger partial charge in [0.2, 0.25) is 0 Å². The van der Waals surface area contributed by atoms with Crippen LogP contribution in [0.1, 0.15) is 15.9 Å². The average molecular weight is 275 g/mol. The fourth-order valence-electron chi connectivity index (χ4n) is 1.96. The van der Waals surface area contributed by atoms with Crippen LogP contribution in [0.3, 0.4) is 0 Å². The molecule has 0 spiro atoms. The van der Waals surface area contributed by atoms with E-state index in [1.165, 1.54) is 4.90 Å². The number of nitrogens with two attached hydrogens (primary N) is 1. The molecular formula is C15H15ClN2O. The SMILES string of the molecule is Cc1cc(Cl)cc(C(=O)N(C)c2ccccc2N)c1. The van der Waals surface area contributed by atoms with Gasteiger partial charge in [-0.05, 0) is 42.8 Å². The minimum atomic E-state index is -0.136. The summed E-state index contributed by atoms with van der Waals surface area (Å²) in [6.07, 6.45) is 0. The zero-order chi connectivity index (χ0) is 14.0. The molecule has 19 heavy (non-hydrogen) atoms. The zero-order valence-electron chi connectivity index (χ0n) is 10.9. The van der Waals surface area contributed by atoms with Crippen LogP contribution < -0.4 is 10.6 Å². The van der Waals surface area contributed by atoms with E-state index in [1.54, 1.807) is 19.2 Å². The number of para-hydroxylation sites is 2. The first kappa shape index (κ1) is 13.4. The summed E-state index contributed by atoms with van der Waals surface area (Å²) in [6.45, 7) is 1.90. The van der Waals surface area contributed by atoms with Crippen molar-refractivity contribution in [1.29, 1.82) is 0 Å². The fourth-order valence-corrected chi connectivity index (χ4v) is 2.25. The van der Waals surface area contributed by atoms with Crippen molar-refractivity contribution in [2.24, 2.45) is 0 Å². The van der Waals surface area contributed by atoms with E-state index in [0.29, 0.717) is 22.0 Å². The average Bonchev–Trinajstić information content (AvgIpc) is 2.36. The Bertz CT molecular complexity index is 605. The molecule has 0 saturated heterocycles. The molecule has 1 amide bonds. The summed E-state index contributed by atoms with van der Waals surface area (Å²) in [5.41, 5.74) is 8.63. The number of nitrogens with zero attached hydrogens (tertiary/aromatic N) is 1. The predicted molar refractivity (Wildman–Crippen MR) is 79.8 cm³/mol. The van der Waals surface area contributed by atoms with Gasteiger partial charge in [-0.25, -0.2) is 0 Å². The minimum absolute atomic E-state index is 0.136. The monoisotopic (exact) mass is 274 g/mol. The Hall–Kier alpha value is -2.00. The highest BCUT2D eigenvalue weighted by molar-refractivity contribution is 6.31. The molecule has 3 nitrogen and oxygen atoms in total. The standard InChI is InChI=1S/C15H15ClN2O/c1-10-7-11(9-12(16)8-10)15(19)18(2)14-6-4-3-5-13(14)17/h3-9H,17H2,1-2H3. The summed E-state index contributed by atoms with van der Waals surface area (Å²) in [5, 5.41) is 0.554. The van der Waals surface area contributed by atoms with E-state index in [0.717, 1.165) is 5.56 Å². The van der Waals surface area contributed by atoms with Gasteiger partial charge >= 0.3 is 0 Å². The van der Waals surface area contributed by atoms with Gasteiger partial charge in [-0.3, -0.25) is 4.79 Å². The number of benzene rings is 2. The van der Waals surface area contributed by atoms with E-state index in [9.17, 15) is 4.79 Å². The number of halogens is 1. The van der Waals surface area contributed by atoms with Gasteiger partial charge in [0, 0.05) is 17.6 Å². The summed E-state index contributed by atoms with van der Waals surface area (Å²) >= 11 is 5.98. The molecule has 0 saturated carbocycles. The Balaban J connectivity index is 2.36. The first-order valence-electron chi connectivity index (χ1n) is 5.89. The quantitative estimate of drug-likeness (QED) is 0.852. The van der Waals surface area contributed by atoms with Crippen LogP contribution in [0.25, 0.3) is 0 Å². The van der Waals surface area contributed by atoms with Crippen LogP contribution in [-0.4, -0.2) is 13.0 Å². The number of carbonyl (C=O) groups is 1. The zero-order valence-corrected chi connectivity index (χ0v) is 11.6. The molecule has 2 aromatic rings. The Labute approximate surface area is 117 Å². The molecule has 0 aliphatic carbocycles. The van der Waals surface area contributed by atoms with Gasteiger partial charge in [0.15, 0.2) is 0 Å². The smallest absolute Gasteiger partial charge is 0.258 e. The van der Waals surface area contributed by atoms with Gasteiger partial charge in [0.25, 0.3) is 5.91 Å². The molecule has 4 heteroatoms. The van der Waals surface area contributed by atoms with Crippen molar-refractivity contribution in [2.75, 3.05) is 17.7 Å². The minimum Gasteiger partial charge on any atom is -0.397 e. The molecule has 0 bridgehead atoms. The molecule has 2 aromatic carbocycles. The summed E-state index contributed by atoms with van der Waals surface area (Å²) in [7, 11) is 1.70. The van der Waals surface area contributed by atoms with Crippen LogP contribution in [0.5, 0.6) is 0 Å². The van der Waals surface area contributed by atoms with Crippen molar-refractivity contribution < 1.29 is 4.79 Å². The lowest BCUT2D eigenvalue weighted by Crippen LogP contribution is -2.27. The predicted octanol–water partition coefficient (Wildman–Crippen LogP) is 3.51. The van der Waals surface area contributed by atoms with E-state index in [-0.39, 0.29) is 5.91 Å². The Morgan fingerprint density at radius 1 is 1.21 bits per heavy atom. The van der Waals surface area contributed by atoms with Crippen molar-refractivity contribution in [3.8, 4) is 0 Å². The van der Waals surface area contributed by atoms with E-state index in [2.05, 4.69) is 0 Å². The number of rotatable bonds is 2. The lowest BCUT2D eigenvalue weighted by atomic mass is 10.1. The van der Waals surface area contributed by atoms with Gasteiger partial charge in [-0.1, -0.05) is 23.7 Å². The van der Waals surface area contributed by atoms with Crippen LogP contribution in [0.15, 0.2) is 42.5 Å². The first-order valence-corrected chi connectivity index (χ1v) is 6.26. The Morgan fingerprint density at radius 3 is 2.53 bits per heavy atom. The van der Waals surface area contributed by atoms with Crippen LogP contribution in [0.2, 0.25) is 5.02 Å². The lowest BCUT2D eigenvalue weighted by molar-refractivity contribution is 0.0993. The third-order valence-corrected chi connectivity index (χ3v) is 3.11. The molecule has 0 aliphatic heterocycles. The molecule has 0 aliphatic rings. The molecule has 0 atom stereocenters. The highest BCUT2D eigenvalue weighted by Crippen LogP contribution is 2.24. The summed E-state index contributed by atoms with van der Waals surface area (Å²) in [6, 6.07) is 12.5. The van der Waals surface area contributed by atoms with E-state index >= 15 is 0 Å². The molecule has 0 heterocycles. The Kier molecular flexibility index (Phi) is 3.76. The van der Waals surface area contributed by atoms with Crippen molar-refractivity contribution in [1.82, 2.24) is 0 Å². The van der Waals surface area contributed by atoms with Gasteiger partial charge in [0.05, 0.1) is 11.4 Å². The second kappa shape index (κ2) is 5.33. The first-order chi connectivity index (χ1) is 8.99. The molecule has 0 aromatic heterocycles. The summed E-state index contributed by atoms with van der Waals surface area (Å²) < 4.78 is 0. The van der Waals surface area contributed by atoms with E-state index in [1.807, 2.05) is 37.3 Å². The summed E-state index contributed by atoms with van der Waals surface area (Å²) in [5.74, 6) is -0.136. The van der Waals surface area contributed by atoms with Crippen LogP contribution >= 0.6 is 11.6 Å². The maximum atomic E-state index is 12.4. The maximum absolute atomic E-state index is 12.4. The maximum Gasteiger partial charge on any atom is 0.258 e. The number of nitrogen functional groups attached to an aromatic ring is 1. The van der Waals surface area contributed by atoms with Crippen molar-refractivity contribution in [3.63, 3.8) is 0 Å². The van der Waals surface area contributed by atoms with Gasteiger partial charge < -0.3 is 10.6 Å². The molecule has 0 fully saturated rings. The largest absolute Gasteiger partial charge is 0.397 e. The van der Waals surface area contributed by atoms with E-state index < -0.39 is 0 Å². The number of hydrogen-bond acceptors (Lipinski definition) is 2. The second-order valence-electron chi connectivity index (χ2n) is 4.44. The van der Waals surface area contributed by atoms with Gasteiger partial charge in [-0.2, -0.15) is 0 Å². The normalized spacial score (nSPS) is 10.3. The second-order valence-corrected chi connectivity index (χ2v) is 4.88. The van der Waals surface area contributed by atoms with Crippen LogP contribution in [0.4, 0.5) is 11.4 Å². The molecule has 98 valence electrons. The highest BCUT2D eigenvalue weighted by atomic mass is 35.5. The number of carbonyl (C=O) groups excluding carboxylic acids is 1.